The number of likely N-dealkylation sites (tertiary alicyclic amines) is 2. The Bertz CT molecular complexity index is 497. The second-order valence-electron chi connectivity index (χ2n) is 5.95. The van der Waals surface area contributed by atoms with Crippen molar-refractivity contribution in [2.45, 2.75) is 44.3 Å². The molecule has 21 heavy (non-hydrogen) atoms. The number of hydrogen-bond acceptors (Lipinski definition) is 4. The van der Waals surface area contributed by atoms with Gasteiger partial charge >= 0.3 is 5.97 Å². The van der Waals surface area contributed by atoms with Crippen LogP contribution in [0.1, 0.15) is 31.4 Å². The topological polar surface area (TPSA) is 56.9 Å². The monoisotopic (exact) mass is 356 g/mol. The van der Waals surface area contributed by atoms with Crippen molar-refractivity contribution in [3.05, 3.63) is 22.6 Å². The Labute approximate surface area is 133 Å². The molecular weight excluding hydrogens is 336 g/mol. The van der Waals surface area contributed by atoms with Gasteiger partial charge in [-0.1, -0.05) is 0 Å². The number of nitrogens with zero attached hydrogens (tertiary/aromatic N) is 2. The van der Waals surface area contributed by atoms with Gasteiger partial charge in [0.2, 0.25) is 0 Å². The molecule has 1 unspecified atom stereocenters. The summed E-state index contributed by atoms with van der Waals surface area (Å²) in [4.78, 5) is 15.9. The number of carboxylic acids is 1. The lowest BCUT2D eigenvalue weighted by atomic mass is 10.0. The van der Waals surface area contributed by atoms with Crippen molar-refractivity contribution in [1.29, 1.82) is 0 Å². The van der Waals surface area contributed by atoms with Crippen LogP contribution in [0.5, 0.6) is 0 Å². The number of hydrogen-bond donors (Lipinski definition) is 1. The minimum Gasteiger partial charge on any atom is -0.480 e. The van der Waals surface area contributed by atoms with E-state index in [-0.39, 0.29) is 6.04 Å². The first kappa shape index (κ1) is 15.1. The van der Waals surface area contributed by atoms with E-state index in [4.69, 9.17) is 4.42 Å². The maximum Gasteiger partial charge on any atom is 0.320 e. The highest BCUT2D eigenvalue weighted by molar-refractivity contribution is 9.10. The van der Waals surface area contributed by atoms with Crippen LogP contribution in [0.15, 0.2) is 21.2 Å². The molecule has 116 valence electrons. The van der Waals surface area contributed by atoms with E-state index in [2.05, 4.69) is 25.7 Å². The van der Waals surface area contributed by atoms with Gasteiger partial charge in [0.05, 0.1) is 6.54 Å². The number of piperidine rings is 1. The highest BCUT2D eigenvalue weighted by Crippen LogP contribution is 2.27. The molecule has 5 nitrogen and oxygen atoms in total. The molecule has 0 saturated carbocycles. The molecule has 0 amide bonds. The Morgan fingerprint density at radius 3 is 2.67 bits per heavy atom. The minimum absolute atomic E-state index is 0.262. The first-order valence-electron chi connectivity index (χ1n) is 7.58. The summed E-state index contributed by atoms with van der Waals surface area (Å²) in [5.41, 5.74) is 0. The first-order chi connectivity index (χ1) is 10.1. The fraction of sp³-hybridized carbons (Fsp3) is 0.667. The quantitative estimate of drug-likeness (QED) is 0.898. The van der Waals surface area contributed by atoms with Crippen molar-refractivity contribution >= 4 is 21.9 Å². The van der Waals surface area contributed by atoms with Crippen molar-refractivity contribution < 1.29 is 14.3 Å². The molecule has 2 fully saturated rings. The Kier molecular flexibility index (Phi) is 4.66. The van der Waals surface area contributed by atoms with Gasteiger partial charge in [0, 0.05) is 19.1 Å². The zero-order valence-corrected chi connectivity index (χ0v) is 13.6. The summed E-state index contributed by atoms with van der Waals surface area (Å²) >= 11 is 3.32. The summed E-state index contributed by atoms with van der Waals surface area (Å²) in [6.07, 6.45) is 3.91. The number of rotatable bonds is 4. The zero-order chi connectivity index (χ0) is 14.8. The summed E-state index contributed by atoms with van der Waals surface area (Å²) in [7, 11) is 0. The van der Waals surface area contributed by atoms with Crippen LogP contribution in [0.4, 0.5) is 0 Å². The van der Waals surface area contributed by atoms with Crippen molar-refractivity contribution in [3.63, 3.8) is 0 Å². The second-order valence-corrected chi connectivity index (χ2v) is 6.73. The molecule has 0 spiro atoms. The van der Waals surface area contributed by atoms with Crippen LogP contribution < -0.4 is 0 Å². The third-order valence-electron chi connectivity index (χ3n) is 4.61. The van der Waals surface area contributed by atoms with Crippen molar-refractivity contribution in [2.75, 3.05) is 19.6 Å². The molecule has 1 aromatic rings. The molecule has 2 aliphatic heterocycles. The minimum atomic E-state index is -0.657. The van der Waals surface area contributed by atoms with Gasteiger partial charge in [-0.05, 0) is 60.3 Å². The summed E-state index contributed by atoms with van der Waals surface area (Å²) in [5, 5.41) is 9.29. The van der Waals surface area contributed by atoms with Crippen LogP contribution in [0.3, 0.4) is 0 Å². The summed E-state index contributed by atoms with van der Waals surface area (Å²) in [6.45, 7) is 3.78. The molecule has 1 atom stereocenters. The van der Waals surface area contributed by atoms with Gasteiger partial charge in [-0.25, -0.2) is 0 Å². The number of furan rings is 1. The Morgan fingerprint density at radius 2 is 2.05 bits per heavy atom. The first-order valence-corrected chi connectivity index (χ1v) is 8.38. The number of carbonyl (C=O) groups is 1. The van der Waals surface area contributed by atoms with E-state index in [1.165, 1.54) is 0 Å². The fourth-order valence-electron chi connectivity index (χ4n) is 3.56. The summed E-state index contributed by atoms with van der Waals surface area (Å²) in [5.74, 6) is 0.320. The maximum atomic E-state index is 11.3. The Morgan fingerprint density at radius 1 is 1.29 bits per heavy atom. The van der Waals surface area contributed by atoms with E-state index in [9.17, 15) is 9.90 Å². The lowest BCUT2D eigenvalue weighted by Crippen LogP contribution is -2.48. The average Bonchev–Trinajstić information content (AvgIpc) is 3.09. The highest BCUT2D eigenvalue weighted by atomic mass is 79.9. The average molecular weight is 357 g/mol. The molecule has 3 heterocycles. The maximum absolute atomic E-state index is 11.3. The van der Waals surface area contributed by atoms with Crippen LogP contribution in [-0.4, -0.2) is 52.6 Å². The van der Waals surface area contributed by atoms with Gasteiger partial charge in [0.15, 0.2) is 4.67 Å². The molecule has 1 aromatic heterocycles. The van der Waals surface area contributed by atoms with Crippen LogP contribution in [0.2, 0.25) is 0 Å². The van der Waals surface area contributed by atoms with Crippen molar-refractivity contribution in [2.24, 2.45) is 0 Å². The van der Waals surface area contributed by atoms with Gasteiger partial charge in [-0.2, -0.15) is 0 Å². The van der Waals surface area contributed by atoms with Crippen LogP contribution >= 0.6 is 15.9 Å². The van der Waals surface area contributed by atoms with Crippen LogP contribution in [-0.2, 0) is 11.3 Å². The standard InChI is InChI=1S/C15H21BrN2O3/c16-14-4-3-12(21-14)10-17-8-5-11(6-9-17)18-7-1-2-13(18)15(19)20/h3-4,11,13H,1-2,5-10H2,(H,19,20). The van der Waals surface area contributed by atoms with Gasteiger partial charge < -0.3 is 9.52 Å². The molecule has 0 bridgehead atoms. The lowest BCUT2D eigenvalue weighted by Gasteiger charge is -2.38. The largest absolute Gasteiger partial charge is 0.480 e. The molecule has 0 aromatic carbocycles. The highest BCUT2D eigenvalue weighted by Gasteiger charge is 2.36. The molecule has 2 saturated heterocycles. The number of aliphatic carboxylic acids is 1. The summed E-state index contributed by atoms with van der Waals surface area (Å²) < 4.78 is 6.32. The molecule has 6 heteroatoms. The van der Waals surface area contributed by atoms with Gasteiger partial charge in [0.1, 0.15) is 11.8 Å². The van der Waals surface area contributed by atoms with Gasteiger partial charge in [-0.3, -0.25) is 14.6 Å². The van der Waals surface area contributed by atoms with E-state index in [0.717, 1.165) is 62.3 Å². The van der Waals surface area contributed by atoms with Crippen LogP contribution in [0.25, 0.3) is 0 Å². The van der Waals surface area contributed by atoms with Crippen LogP contribution in [0, 0.1) is 0 Å². The van der Waals surface area contributed by atoms with E-state index in [1.54, 1.807) is 0 Å². The predicted molar refractivity (Wildman–Crippen MR) is 82.1 cm³/mol. The fourth-order valence-corrected chi connectivity index (χ4v) is 3.90. The molecule has 0 radical (unpaired) electrons. The Hall–Kier alpha value is -0.850. The smallest absolute Gasteiger partial charge is 0.320 e. The molecule has 3 rings (SSSR count). The summed E-state index contributed by atoms with van der Waals surface area (Å²) in [6, 6.07) is 4.08. The second kappa shape index (κ2) is 6.50. The molecule has 0 aliphatic carbocycles. The zero-order valence-electron chi connectivity index (χ0n) is 12.0. The predicted octanol–water partition coefficient (Wildman–Crippen LogP) is 2.56. The SMILES string of the molecule is O=C(O)C1CCCN1C1CCN(Cc2ccc(Br)o2)CC1. The number of carboxylic acid groups (broad SMARTS) is 1. The Balaban J connectivity index is 1.52. The molecular formula is C15H21BrN2O3. The van der Waals surface area contributed by atoms with Crippen molar-refractivity contribution in [1.82, 2.24) is 9.80 Å². The van der Waals surface area contributed by atoms with Gasteiger partial charge in [-0.15, -0.1) is 0 Å². The lowest BCUT2D eigenvalue weighted by molar-refractivity contribution is -0.143. The third kappa shape index (κ3) is 3.49. The van der Waals surface area contributed by atoms with E-state index in [0.29, 0.717) is 6.04 Å². The molecule has 1 N–H and O–H groups in total. The van der Waals surface area contributed by atoms with E-state index >= 15 is 0 Å². The van der Waals surface area contributed by atoms with E-state index in [1.807, 2.05) is 12.1 Å². The number of halogens is 1. The van der Waals surface area contributed by atoms with E-state index < -0.39 is 5.97 Å². The normalized spacial score (nSPS) is 25.5. The molecule has 2 aliphatic rings. The third-order valence-corrected chi connectivity index (χ3v) is 5.04. The van der Waals surface area contributed by atoms with Crippen molar-refractivity contribution in [3.8, 4) is 0 Å². The van der Waals surface area contributed by atoms with Gasteiger partial charge in [0.25, 0.3) is 0 Å².